The molecule has 3 heteroatoms. The summed E-state index contributed by atoms with van der Waals surface area (Å²) in [5.74, 6) is 0.872. The number of benzene rings is 1. The maximum absolute atomic E-state index is 5.06. The summed E-state index contributed by atoms with van der Waals surface area (Å²) in [6.45, 7) is 7.88. The van der Waals surface area contributed by atoms with Gasteiger partial charge in [0.25, 0.3) is 0 Å². The predicted molar refractivity (Wildman–Crippen MR) is 67.5 cm³/mol. The first-order chi connectivity index (χ1) is 6.63. The van der Waals surface area contributed by atoms with Crippen LogP contribution in [0.5, 0.6) is 5.75 Å². The molecule has 0 aromatic heterocycles. The Hall–Kier alpha value is -0.710. The minimum absolute atomic E-state index is 0.288. The minimum Gasteiger partial charge on any atom is -0.428 e. The highest BCUT2D eigenvalue weighted by Gasteiger charge is 2.03. The first-order valence-corrected chi connectivity index (χ1v) is 5.32. The fourth-order valence-electron chi connectivity index (χ4n) is 1.26. The van der Waals surface area contributed by atoms with Gasteiger partial charge < -0.3 is 8.38 Å². The molecule has 1 aromatic carbocycles. The van der Waals surface area contributed by atoms with Gasteiger partial charge in [-0.3, -0.25) is 0 Å². The SMILES string of the molecule is C=C(C)N[C@@H](C)c1ccc(OI)cc1. The van der Waals surface area contributed by atoms with E-state index in [-0.39, 0.29) is 6.04 Å². The highest BCUT2D eigenvalue weighted by Crippen LogP contribution is 2.19. The zero-order chi connectivity index (χ0) is 10.6. The number of allylic oxidation sites excluding steroid dienone is 1. The maximum Gasteiger partial charge on any atom is 0.192 e. The Morgan fingerprint density at radius 1 is 1.43 bits per heavy atom. The Morgan fingerprint density at radius 2 is 2.00 bits per heavy atom. The second-order valence-electron chi connectivity index (χ2n) is 3.29. The van der Waals surface area contributed by atoms with Crippen LogP contribution in [-0.2, 0) is 0 Å². The molecule has 14 heavy (non-hydrogen) atoms. The molecular weight excluding hydrogens is 289 g/mol. The van der Waals surface area contributed by atoms with Crippen LogP contribution in [0.15, 0.2) is 36.5 Å². The van der Waals surface area contributed by atoms with Crippen molar-refractivity contribution in [3.63, 3.8) is 0 Å². The smallest absolute Gasteiger partial charge is 0.192 e. The third kappa shape index (κ3) is 3.21. The van der Waals surface area contributed by atoms with Gasteiger partial charge in [0.05, 0.1) is 0 Å². The van der Waals surface area contributed by atoms with Gasteiger partial charge in [-0.25, -0.2) is 0 Å². The average Bonchev–Trinajstić information content (AvgIpc) is 2.17. The average molecular weight is 303 g/mol. The second-order valence-corrected chi connectivity index (χ2v) is 3.73. The topological polar surface area (TPSA) is 21.3 Å². The van der Waals surface area contributed by atoms with E-state index < -0.39 is 0 Å². The van der Waals surface area contributed by atoms with E-state index in [0.29, 0.717) is 0 Å². The van der Waals surface area contributed by atoms with Crippen LogP contribution in [0.1, 0.15) is 25.5 Å². The summed E-state index contributed by atoms with van der Waals surface area (Å²) in [6, 6.07) is 8.30. The van der Waals surface area contributed by atoms with Crippen LogP contribution in [0, 0.1) is 0 Å². The Kier molecular flexibility index (Phi) is 4.25. The van der Waals surface area contributed by atoms with E-state index in [2.05, 4.69) is 31.0 Å². The van der Waals surface area contributed by atoms with Crippen molar-refractivity contribution < 1.29 is 3.07 Å². The zero-order valence-corrected chi connectivity index (χ0v) is 10.5. The number of nitrogens with one attached hydrogen (secondary N) is 1. The van der Waals surface area contributed by atoms with Crippen LogP contribution in [0.2, 0.25) is 0 Å². The molecule has 1 N–H and O–H groups in total. The van der Waals surface area contributed by atoms with Crippen molar-refractivity contribution in [2.24, 2.45) is 0 Å². The summed E-state index contributed by atoms with van der Waals surface area (Å²) in [4.78, 5) is 0. The first-order valence-electron chi connectivity index (χ1n) is 4.44. The number of halogens is 1. The second kappa shape index (κ2) is 5.24. The van der Waals surface area contributed by atoms with Crippen LogP contribution >= 0.6 is 23.0 Å². The van der Waals surface area contributed by atoms with E-state index in [1.54, 1.807) is 0 Å². The van der Waals surface area contributed by atoms with Crippen LogP contribution < -0.4 is 8.38 Å². The lowest BCUT2D eigenvalue weighted by atomic mass is 10.1. The Bertz CT molecular complexity index is 308. The van der Waals surface area contributed by atoms with Gasteiger partial charge in [-0.1, -0.05) is 18.7 Å². The molecule has 0 unspecified atom stereocenters. The van der Waals surface area contributed by atoms with Gasteiger partial charge >= 0.3 is 0 Å². The van der Waals surface area contributed by atoms with Gasteiger partial charge in [0.1, 0.15) is 5.75 Å². The predicted octanol–water partition coefficient (Wildman–Crippen LogP) is 3.60. The lowest BCUT2D eigenvalue weighted by Gasteiger charge is -2.15. The van der Waals surface area contributed by atoms with Crippen LogP contribution in [0.25, 0.3) is 0 Å². The molecule has 0 saturated heterocycles. The molecule has 0 amide bonds. The van der Waals surface area contributed by atoms with Crippen molar-refractivity contribution in [1.29, 1.82) is 0 Å². The molecule has 0 aliphatic rings. The standard InChI is InChI=1S/C11H14INO/c1-8(2)13-9(3)10-4-6-11(14-12)7-5-10/h4-7,9,13H,1H2,2-3H3/t9-/m0/s1. The quantitative estimate of drug-likeness (QED) is 0.858. The lowest BCUT2D eigenvalue weighted by molar-refractivity contribution is 0.653. The number of hydrogen-bond acceptors (Lipinski definition) is 2. The first kappa shape index (κ1) is 11.4. The van der Waals surface area contributed by atoms with Crippen molar-refractivity contribution in [3.8, 4) is 5.75 Å². The highest BCUT2D eigenvalue weighted by atomic mass is 127. The molecule has 1 aromatic rings. The van der Waals surface area contributed by atoms with Gasteiger partial charge in [0.15, 0.2) is 23.0 Å². The van der Waals surface area contributed by atoms with E-state index in [1.807, 2.05) is 42.1 Å². The van der Waals surface area contributed by atoms with Gasteiger partial charge in [-0.05, 0) is 31.5 Å². The summed E-state index contributed by atoms with van der Waals surface area (Å²) in [6.07, 6.45) is 0. The van der Waals surface area contributed by atoms with Gasteiger partial charge in [0.2, 0.25) is 0 Å². The molecule has 0 spiro atoms. The number of rotatable bonds is 4. The van der Waals surface area contributed by atoms with E-state index in [0.717, 1.165) is 11.4 Å². The molecule has 0 bridgehead atoms. The molecule has 0 saturated carbocycles. The fraction of sp³-hybridized carbons (Fsp3) is 0.273. The summed E-state index contributed by atoms with van der Waals surface area (Å²) >= 11 is 1.87. The molecule has 1 rings (SSSR count). The largest absolute Gasteiger partial charge is 0.428 e. The molecule has 76 valence electrons. The Morgan fingerprint density at radius 3 is 2.43 bits per heavy atom. The molecule has 0 radical (unpaired) electrons. The normalized spacial score (nSPS) is 11.9. The fourth-order valence-corrected chi connectivity index (χ4v) is 1.55. The van der Waals surface area contributed by atoms with Crippen molar-refractivity contribution in [2.75, 3.05) is 0 Å². The van der Waals surface area contributed by atoms with Gasteiger partial charge in [-0.15, -0.1) is 0 Å². The molecular formula is C11H14INO. The Balaban J connectivity index is 2.71. The van der Waals surface area contributed by atoms with Crippen LogP contribution in [0.3, 0.4) is 0 Å². The Labute approximate surface area is 99.0 Å². The summed E-state index contributed by atoms with van der Waals surface area (Å²) in [5.41, 5.74) is 2.21. The van der Waals surface area contributed by atoms with E-state index >= 15 is 0 Å². The van der Waals surface area contributed by atoms with Gasteiger partial charge in [0, 0.05) is 11.7 Å². The highest BCUT2D eigenvalue weighted by molar-refractivity contribution is 14.1. The molecule has 1 atom stereocenters. The maximum atomic E-state index is 5.06. The lowest BCUT2D eigenvalue weighted by Crippen LogP contribution is -2.15. The zero-order valence-electron chi connectivity index (χ0n) is 8.38. The van der Waals surface area contributed by atoms with E-state index in [1.165, 1.54) is 5.56 Å². The molecule has 2 nitrogen and oxygen atoms in total. The van der Waals surface area contributed by atoms with E-state index in [9.17, 15) is 0 Å². The summed E-state index contributed by atoms with van der Waals surface area (Å²) < 4.78 is 5.06. The molecule has 0 fully saturated rings. The molecule has 0 heterocycles. The van der Waals surface area contributed by atoms with E-state index in [4.69, 9.17) is 3.07 Å². The van der Waals surface area contributed by atoms with Gasteiger partial charge in [-0.2, -0.15) is 0 Å². The van der Waals surface area contributed by atoms with Crippen molar-refractivity contribution in [1.82, 2.24) is 5.32 Å². The summed E-state index contributed by atoms with van der Waals surface area (Å²) in [7, 11) is 0. The van der Waals surface area contributed by atoms with Crippen molar-refractivity contribution in [2.45, 2.75) is 19.9 Å². The third-order valence-electron chi connectivity index (χ3n) is 1.93. The van der Waals surface area contributed by atoms with Crippen LogP contribution in [0.4, 0.5) is 0 Å². The van der Waals surface area contributed by atoms with Crippen molar-refractivity contribution >= 4 is 23.0 Å². The monoisotopic (exact) mass is 303 g/mol. The molecule has 0 aliphatic carbocycles. The third-order valence-corrected chi connectivity index (χ3v) is 2.44. The van der Waals surface area contributed by atoms with Crippen LogP contribution in [-0.4, -0.2) is 0 Å². The number of hydrogen-bond donors (Lipinski definition) is 1. The molecule has 0 aliphatic heterocycles. The van der Waals surface area contributed by atoms with Crippen molar-refractivity contribution in [3.05, 3.63) is 42.1 Å². The minimum atomic E-state index is 0.288. The summed E-state index contributed by atoms with van der Waals surface area (Å²) in [5, 5.41) is 3.26.